The van der Waals surface area contributed by atoms with Gasteiger partial charge in [0.05, 0.1) is 13.0 Å². The first-order chi connectivity index (χ1) is 14.8. The number of fused-ring (bicyclic) bond motifs is 5. The number of carboxylic acid groups (broad SMARTS) is 1. The molecule has 32 heavy (non-hydrogen) atoms. The van der Waals surface area contributed by atoms with E-state index in [4.69, 9.17) is 4.74 Å². The Morgan fingerprint density at radius 3 is 2.53 bits per heavy atom. The van der Waals surface area contributed by atoms with Crippen molar-refractivity contribution in [3.05, 3.63) is 30.7 Å². The Hall–Kier alpha value is -2.22. The first kappa shape index (κ1) is 23.0. The van der Waals surface area contributed by atoms with Crippen molar-refractivity contribution in [1.82, 2.24) is 0 Å². The van der Waals surface area contributed by atoms with Gasteiger partial charge in [0.15, 0.2) is 17.9 Å². The zero-order valence-electron chi connectivity index (χ0n) is 18.4. The lowest BCUT2D eigenvalue weighted by atomic mass is 9.44. The number of rotatable bonds is 3. The lowest BCUT2D eigenvalue weighted by Crippen LogP contribution is -2.71. The highest BCUT2D eigenvalue weighted by molar-refractivity contribution is 6.01. The van der Waals surface area contributed by atoms with Crippen LogP contribution in [0.5, 0.6) is 0 Å². The minimum absolute atomic E-state index is 0.00503. The molecule has 0 amide bonds. The second-order valence-electron chi connectivity index (χ2n) is 10.3. The van der Waals surface area contributed by atoms with Gasteiger partial charge in [-0.15, -0.1) is 0 Å². The molecular formula is C24H29F2O6+. The predicted molar refractivity (Wildman–Crippen MR) is 110 cm³/mol. The smallest absolute Gasteiger partial charge is 0.352 e. The van der Waals surface area contributed by atoms with Crippen LogP contribution in [0.25, 0.3) is 0 Å². The highest BCUT2D eigenvalue weighted by Gasteiger charge is 2.78. The summed E-state index contributed by atoms with van der Waals surface area (Å²) >= 11 is 0. The molecule has 6 nitrogen and oxygen atoms in total. The average molecular weight is 451 g/mol. The van der Waals surface area contributed by atoms with E-state index in [1.165, 1.54) is 19.1 Å². The number of esters is 1. The van der Waals surface area contributed by atoms with E-state index in [-0.39, 0.29) is 31.3 Å². The maximum absolute atomic E-state index is 17.1. The number of carboxylic acids is 1. The SMILES string of the molecule is [CH2+]CC(=O)O[C@]1(C(=O)O)[C@H](C)C[C@H]2C3C[C@H](F)C4=CC(=O)C=C[C@]4(C)[C@@]3(F)[C@@H](O)C[C@@]21C. The summed E-state index contributed by atoms with van der Waals surface area (Å²) in [6.07, 6.45) is -0.298. The zero-order valence-corrected chi connectivity index (χ0v) is 18.4. The minimum atomic E-state index is -2.31. The second kappa shape index (κ2) is 6.89. The summed E-state index contributed by atoms with van der Waals surface area (Å²) in [7, 11) is 0. The highest BCUT2D eigenvalue weighted by Crippen LogP contribution is 2.71. The molecule has 0 radical (unpaired) electrons. The third-order valence-corrected chi connectivity index (χ3v) is 8.97. The van der Waals surface area contributed by atoms with Crippen LogP contribution in [0.4, 0.5) is 8.78 Å². The molecule has 0 heterocycles. The van der Waals surface area contributed by atoms with E-state index in [0.29, 0.717) is 0 Å². The molecule has 8 heteroatoms. The van der Waals surface area contributed by atoms with Gasteiger partial charge in [0.2, 0.25) is 5.60 Å². The quantitative estimate of drug-likeness (QED) is 0.505. The Kier molecular flexibility index (Phi) is 4.94. The van der Waals surface area contributed by atoms with E-state index in [2.05, 4.69) is 6.92 Å². The standard InChI is InChI=1S/C24H28F2O6/c1-5-19(29)32-24(20(30)31)12(2)8-14-15-10-17(25)16-9-13(27)6-7-21(16,3)23(15,26)18(28)11-22(14,24)4/h6-7,9,12,14-15,17-18,28H,1,5,8,10-11H2,2-4H3/p+1/t12-,14+,15?,17+,18+,21+,22+,23+,24+/m1/s1. The Morgan fingerprint density at radius 1 is 1.28 bits per heavy atom. The van der Waals surface area contributed by atoms with E-state index in [0.717, 1.165) is 6.08 Å². The van der Waals surface area contributed by atoms with Gasteiger partial charge >= 0.3 is 11.9 Å². The van der Waals surface area contributed by atoms with Gasteiger partial charge in [0.1, 0.15) is 6.17 Å². The molecule has 0 aliphatic heterocycles. The van der Waals surface area contributed by atoms with Crippen molar-refractivity contribution in [1.29, 1.82) is 0 Å². The maximum Gasteiger partial charge on any atom is 0.352 e. The topological polar surface area (TPSA) is 101 Å². The Labute approximate surface area is 185 Å². The molecule has 4 aliphatic carbocycles. The molecule has 0 aromatic carbocycles. The minimum Gasteiger partial charge on any atom is -0.478 e. The largest absolute Gasteiger partial charge is 0.478 e. The Balaban J connectivity index is 1.87. The van der Waals surface area contributed by atoms with Gasteiger partial charge in [-0.1, -0.05) is 19.9 Å². The first-order valence-electron chi connectivity index (χ1n) is 11.0. The van der Waals surface area contributed by atoms with Gasteiger partial charge in [-0.05, 0) is 49.8 Å². The van der Waals surface area contributed by atoms with Gasteiger partial charge in [0.25, 0.3) is 0 Å². The zero-order chi connectivity index (χ0) is 23.9. The van der Waals surface area contributed by atoms with E-state index >= 15 is 8.78 Å². The number of alkyl halides is 2. The van der Waals surface area contributed by atoms with Crippen molar-refractivity contribution in [2.24, 2.45) is 28.6 Å². The molecule has 0 bridgehead atoms. The first-order valence-corrected chi connectivity index (χ1v) is 11.0. The summed E-state index contributed by atoms with van der Waals surface area (Å²) in [5.74, 6) is -4.98. The second-order valence-corrected chi connectivity index (χ2v) is 10.3. The van der Waals surface area contributed by atoms with Crippen LogP contribution in [0.15, 0.2) is 23.8 Å². The summed E-state index contributed by atoms with van der Waals surface area (Å²) in [6, 6.07) is 0. The molecule has 2 N–H and O–H groups in total. The number of ether oxygens (including phenoxy) is 1. The summed E-state index contributed by atoms with van der Waals surface area (Å²) < 4.78 is 38.0. The van der Waals surface area contributed by atoms with Gasteiger partial charge in [-0.2, -0.15) is 0 Å². The number of hydrogen-bond acceptors (Lipinski definition) is 5. The molecule has 3 saturated carbocycles. The normalized spacial score (nSPS) is 49.5. The van der Waals surface area contributed by atoms with Crippen LogP contribution >= 0.6 is 0 Å². The molecule has 0 saturated heterocycles. The van der Waals surface area contributed by atoms with Crippen LogP contribution in [0, 0.1) is 35.5 Å². The third kappa shape index (κ3) is 2.47. The monoisotopic (exact) mass is 451 g/mol. The lowest BCUT2D eigenvalue weighted by molar-refractivity contribution is -0.237. The predicted octanol–water partition coefficient (Wildman–Crippen LogP) is 3.14. The number of halogens is 2. The molecule has 0 spiro atoms. The molecule has 9 atom stereocenters. The molecule has 1 unspecified atom stereocenters. The van der Waals surface area contributed by atoms with E-state index in [1.54, 1.807) is 13.8 Å². The number of carbonyl (C=O) groups is 3. The molecular weight excluding hydrogens is 422 g/mol. The number of aliphatic carboxylic acids is 1. The van der Waals surface area contributed by atoms with Gasteiger partial charge in [-0.25, -0.2) is 18.4 Å². The average Bonchev–Trinajstić information content (AvgIpc) is 2.93. The fourth-order valence-electron chi connectivity index (χ4n) is 7.47. The molecule has 3 fully saturated rings. The fourth-order valence-corrected chi connectivity index (χ4v) is 7.47. The summed E-state index contributed by atoms with van der Waals surface area (Å²) in [5, 5.41) is 21.5. The van der Waals surface area contributed by atoms with Crippen LogP contribution < -0.4 is 0 Å². The van der Waals surface area contributed by atoms with Gasteiger partial charge in [-0.3, -0.25) is 4.79 Å². The van der Waals surface area contributed by atoms with Crippen molar-refractivity contribution in [3.8, 4) is 0 Å². The lowest BCUT2D eigenvalue weighted by Gasteiger charge is -2.62. The number of hydrogen-bond donors (Lipinski definition) is 2. The fraction of sp³-hybridized carbons (Fsp3) is 0.667. The molecule has 4 rings (SSSR count). The van der Waals surface area contributed by atoms with Crippen LogP contribution in [0.2, 0.25) is 0 Å². The Morgan fingerprint density at radius 2 is 1.94 bits per heavy atom. The van der Waals surface area contributed by atoms with Gasteiger partial charge in [0, 0.05) is 22.7 Å². The van der Waals surface area contributed by atoms with Crippen molar-refractivity contribution in [3.63, 3.8) is 0 Å². The van der Waals surface area contributed by atoms with Crippen molar-refractivity contribution >= 4 is 17.7 Å². The van der Waals surface area contributed by atoms with Crippen molar-refractivity contribution < 1.29 is 38.1 Å². The maximum atomic E-state index is 17.1. The van der Waals surface area contributed by atoms with E-state index in [9.17, 15) is 24.6 Å². The van der Waals surface area contributed by atoms with Crippen molar-refractivity contribution in [2.75, 3.05) is 0 Å². The molecule has 4 aliphatic rings. The number of allylic oxidation sites excluding steroid dienone is 4. The van der Waals surface area contributed by atoms with Crippen LogP contribution in [0.1, 0.15) is 46.5 Å². The number of ketones is 1. The van der Waals surface area contributed by atoms with E-state index in [1.807, 2.05) is 0 Å². The highest BCUT2D eigenvalue weighted by atomic mass is 19.1. The van der Waals surface area contributed by atoms with Crippen LogP contribution in [-0.2, 0) is 19.1 Å². The molecule has 174 valence electrons. The van der Waals surface area contributed by atoms with Gasteiger partial charge < -0.3 is 14.9 Å². The summed E-state index contributed by atoms with van der Waals surface area (Å²) in [5.41, 5.74) is -7.17. The van der Waals surface area contributed by atoms with Crippen LogP contribution in [-0.4, -0.2) is 51.5 Å². The number of carbonyl (C=O) groups excluding carboxylic acids is 2. The number of aliphatic hydroxyl groups is 1. The number of aliphatic hydroxyl groups excluding tert-OH is 1. The molecule has 0 aromatic heterocycles. The summed E-state index contributed by atoms with van der Waals surface area (Å²) in [4.78, 5) is 36.7. The molecule has 0 aromatic rings. The van der Waals surface area contributed by atoms with Crippen molar-refractivity contribution in [2.45, 2.75) is 70.0 Å². The Bertz CT molecular complexity index is 945. The van der Waals surface area contributed by atoms with Crippen LogP contribution in [0.3, 0.4) is 0 Å². The van der Waals surface area contributed by atoms with E-state index < -0.39 is 69.9 Å². The third-order valence-electron chi connectivity index (χ3n) is 8.97. The summed E-state index contributed by atoms with van der Waals surface area (Å²) in [6.45, 7) is 8.17.